The summed E-state index contributed by atoms with van der Waals surface area (Å²) < 4.78 is 24.3. The van der Waals surface area contributed by atoms with E-state index >= 15 is 0 Å². The van der Waals surface area contributed by atoms with Crippen LogP contribution in [0.3, 0.4) is 0 Å². The average molecular weight is 347 g/mol. The molecular formula is C18H18FNO3S. The summed E-state index contributed by atoms with van der Waals surface area (Å²) in [6, 6.07) is 12.6. The highest BCUT2D eigenvalue weighted by molar-refractivity contribution is 7.99. The van der Waals surface area contributed by atoms with Gasteiger partial charge in [0.1, 0.15) is 11.6 Å². The SMILES string of the molecule is O=C(CSCc1cc(F)cc2c1OCOC2)NCc1ccccc1. The maximum Gasteiger partial charge on any atom is 0.230 e. The number of rotatable bonds is 6. The molecule has 6 heteroatoms. The maximum atomic E-state index is 13.6. The zero-order valence-corrected chi connectivity index (χ0v) is 13.9. The van der Waals surface area contributed by atoms with Gasteiger partial charge in [0.2, 0.25) is 5.91 Å². The standard InChI is InChI=1S/C18H18FNO3S/c19-16-6-14-9-22-12-23-18(14)15(7-16)10-24-11-17(21)20-8-13-4-2-1-3-5-13/h1-7H,8-12H2,(H,20,21). The van der Waals surface area contributed by atoms with Gasteiger partial charge in [-0.05, 0) is 17.7 Å². The first-order valence-electron chi connectivity index (χ1n) is 7.62. The lowest BCUT2D eigenvalue weighted by atomic mass is 10.1. The maximum absolute atomic E-state index is 13.6. The summed E-state index contributed by atoms with van der Waals surface area (Å²) in [5, 5.41) is 2.87. The second kappa shape index (κ2) is 8.17. The molecule has 0 atom stereocenters. The number of carbonyl (C=O) groups excluding carboxylic acids is 1. The normalized spacial score (nSPS) is 13.0. The van der Waals surface area contributed by atoms with Crippen molar-refractivity contribution in [3.8, 4) is 5.75 Å². The zero-order valence-electron chi connectivity index (χ0n) is 13.1. The van der Waals surface area contributed by atoms with Crippen molar-refractivity contribution in [1.82, 2.24) is 5.32 Å². The van der Waals surface area contributed by atoms with Crippen LogP contribution >= 0.6 is 11.8 Å². The molecule has 0 saturated carbocycles. The molecule has 1 N–H and O–H groups in total. The molecule has 0 unspecified atom stereocenters. The lowest BCUT2D eigenvalue weighted by Gasteiger charge is -2.20. The number of thioether (sulfide) groups is 1. The fraction of sp³-hybridized carbons (Fsp3) is 0.278. The van der Waals surface area contributed by atoms with E-state index in [4.69, 9.17) is 9.47 Å². The van der Waals surface area contributed by atoms with Gasteiger partial charge in [-0.1, -0.05) is 30.3 Å². The van der Waals surface area contributed by atoms with E-state index in [0.29, 0.717) is 36.0 Å². The summed E-state index contributed by atoms with van der Waals surface area (Å²) in [5.74, 6) is 1.15. The van der Waals surface area contributed by atoms with Crippen molar-refractivity contribution in [2.24, 2.45) is 0 Å². The van der Waals surface area contributed by atoms with E-state index in [2.05, 4.69) is 5.32 Å². The van der Waals surface area contributed by atoms with Gasteiger partial charge in [0.05, 0.1) is 12.4 Å². The third kappa shape index (κ3) is 4.49. The smallest absolute Gasteiger partial charge is 0.230 e. The van der Waals surface area contributed by atoms with Crippen LogP contribution in [0.5, 0.6) is 5.75 Å². The summed E-state index contributed by atoms with van der Waals surface area (Å²) >= 11 is 1.43. The lowest BCUT2D eigenvalue weighted by molar-refractivity contribution is -0.118. The molecule has 3 rings (SSSR count). The third-order valence-corrected chi connectivity index (χ3v) is 4.56. The van der Waals surface area contributed by atoms with Crippen molar-refractivity contribution in [2.45, 2.75) is 18.9 Å². The Kier molecular flexibility index (Phi) is 5.72. The molecule has 0 bridgehead atoms. The minimum Gasteiger partial charge on any atom is -0.467 e. The van der Waals surface area contributed by atoms with Crippen LogP contribution in [0.4, 0.5) is 4.39 Å². The number of fused-ring (bicyclic) bond motifs is 1. The molecule has 0 spiro atoms. The molecule has 0 aromatic heterocycles. The molecule has 0 saturated heterocycles. The quantitative estimate of drug-likeness (QED) is 0.871. The van der Waals surface area contributed by atoms with Crippen LogP contribution in [-0.2, 0) is 28.4 Å². The number of ether oxygens (including phenoxy) is 2. The molecule has 0 radical (unpaired) electrons. The molecule has 1 heterocycles. The zero-order chi connectivity index (χ0) is 16.8. The van der Waals surface area contributed by atoms with Crippen LogP contribution in [0, 0.1) is 5.82 Å². The topological polar surface area (TPSA) is 47.6 Å². The minimum atomic E-state index is -0.313. The Morgan fingerprint density at radius 2 is 2.08 bits per heavy atom. The molecule has 0 fully saturated rings. The van der Waals surface area contributed by atoms with Crippen molar-refractivity contribution in [2.75, 3.05) is 12.5 Å². The minimum absolute atomic E-state index is 0.0432. The monoisotopic (exact) mass is 347 g/mol. The summed E-state index contributed by atoms with van der Waals surface area (Å²) in [7, 11) is 0. The van der Waals surface area contributed by atoms with Gasteiger partial charge in [-0.15, -0.1) is 11.8 Å². The molecule has 2 aromatic rings. The van der Waals surface area contributed by atoms with E-state index in [0.717, 1.165) is 11.1 Å². The number of hydrogen-bond donors (Lipinski definition) is 1. The predicted octanol–water partition coefficient (Wildman–Crippen LogP) is 3.24. The number of carbonyl (C=O) groups is 1. The molecule has 1 aliphatic heterocycles. The second-order valence-corrected chi connectivity index (χ2v) is 6.40. The van der Waals surface area contributed by atoms with Crippen molar-refractivity contribution >= 4 is 17.7 Å². The molecule has 4 nitrogen and oxygen atoms in total. The molecule has 1 amide bonds. The fourth-order valence-electron chi connectivity index (χ4n) is 2.47. The van der Waals surface area contributed by atoms with Gasteiger partial charge in [0.15, 0.2) is 6.79 Å². The van der Waals surface area contributed by atoms with E-state index in [1.165, 1.54) is 23.9 Å². The van der Waals surface area contributed by atoms with E-state index in [9.17, 15) is 9.18 Å². The Balaban J connectivity index is 1.49. The van der Waals surface area contributed by atoms with Gasteiger partial charge >= 0.3 is 0 Å². The number of amides is 1. The highest BCUT2D eigenvalue weighted by Gasteiger charge is 2.17. The van der Waals surface area contributed by atoms with Gasteiger partial charge in [-0.2, -0.15) is 0 Å². The first-order valence-corrected chi connectivity index (χ1v) is 8.78. The van der Waals surface area contributed by atoms with Crippen LogP contribution < -0.4 is 10.1 Å². The summed E-state index contributed by atoms with van der Waals surface area (Å²) in [5.41, 5.74) is 2.53. The van der Waals surface area contributed by atoms with Gasteiger partial charge in [-0.25, -0.2) is 4.39 Å². The highest BCUT2D eigenvalue weighted by atomic mass is 32.2. The van der Waals surface area contributed by atoms with Crippen LogP contribution in [0.1, 0.15) is 16.7 Å². The molecular weight excluding hydrogens is 329 g/mol. The lowest BCUT2D eigenvalue weighted by Crippen LogP contribution is -2.24. The largest absolute Gasteiger partial charge is 0.467 e. The Morgan fingerprint density at radius 1 is 1.25 bits per heavy atom. The number of halogens is 1. The predicted molar refractivity (Wildman–Crippen MR) is 91.1 cm³/mol. The Bertz CT molecular complexity index is 709. The van der Waals surface area contributed by atoms with Gasteiger partial charge in [0, 0.05) is 23.4 Å². The van der Waals surface area contributed by atoms with Crippen LogP contribution in [0.25, 0.3) is 0 Å². The van der Waals surface area contributed by atoms with E-state index in [1.807, 2.05) is 30.3 Å². The molecule has 1 aliphatic rings. The van der Waals surface area contributed by atoms with Crippen molar-refractivity contribution in [1.29, 1.82) is 0 Å². The Morgan fingerprint density at radius 3 is 2.92 bits per heavy atom. The second-order valence-electron chi connectivity index (χ2n) is 5.42. The molecule has 24 heavy (non-hydrogen) atoms. The summed E-state index contributed by atoms with van der Waals surface area (Å²) in [6.07, 6.45) is 0. The van der Waals surface area contributed by atoms with Crippen molar-refractivity contribution in [3.63, 3.8) is 0 Å². The van der Waals surface area contributed by atoms with E-state index in [-0.39, 0.29) is 18.5 Å². The van der Waals surface area contributed by atoms with Crippen LogP contribution in [0.15, 0.2) is 42.5 Å². The van der Waals surface area contributed by atoms with Crippen molar-refractivity contribution < 1.29 is 18.7 Å². The summed E-state index contributed by atoms with van der Waals surface area (Å²) in [4.78, 5) is 11.9. The molecule has 126 valence electrons. The first-order chi connectivity index (χ1) is 11.7. The number of nitrogens with one attached hydrogen (secondary N) is 1. The number of benzene rings is 2. The van der Waals surface area contributed by atoms with Gasteiger partial charge in [0.25, 0.3) is 0 Å². The Hall–Kier alpha value is -2.05. The van der Waals surface area contributed by atoms with Crippen LogP contribution in [-0.4, -0.2) is 18.5 Å². The first kappa shape index (κ1) is 16.8. The van der Waals surface area contributed by atoms with Gasteiger partial charge < -0.3 is 14.8 Å². The summed E-state index contributed by atoms with van der Waals surface area (Å²) in [6.45, 7) is 1.03. The fourth-order valence-corrected chi connectivity index (χ4v) is 3.29. The Labute approximate surface area is 144 Å². The van der Waals surface area contributed by atoms with Gasteiger partial charge in [-0.3, -0.25) is 4.79 Å². The van der Waals surface area contributed by atoms with E-state index < -0.39 is 0 Å². The third-order valence-electron chi connectivity index (χ3n) is 3.57. The average Bonchev–Trinajstić information content (AvgIpc) is 2.60. The number of hydrogen-bond acceptors (Lipinski definition) is 4. The van der Waals surface area contributed by atoms with E-state index in [1.54, 1.807) is 0 Å². The molecule has 2 aromatic carbocycles. The van der Waals surface area contributed by atoms with Crippen molar-refractivity contribution in [3.05, 3.63) is 65.0 Å². The highest BCUT2D eigenvalue weighted by Crippen LogP contribution is 2.31. The van der Waals surface area contributed by atoms with Crippen LogP contribution in [0.2, 0.25) is 0 Å². The molecule has 0 aliphatic carbocycles.